The van der Waals surface area contributed by atoms with Crippen molar-refractivity contribution < 1.29 is 4.79 Å². The SMILES string of the molecule is CCNC(=O)c1ccc(NC(C)c2cc(Br)cs2)cc1. The van der Waals surface area contributed by atoms with Crippen molar-refractivity contribution in [2.24, 2.45) is 0 Å². The number of nitrogens with one attached hydrogen (secondary N) is 2. The van der Waals surface area contributed by atoms with Crippen molar-refractivity contribution in [2.75, 3.05) is 11.9 Å². The lowest BCUT2D eigenvalue weighted by Crippen LogP contribution is -2.22. The fourth-order valence-electron chi connectivity index (χ4n) is 1.86. The molecule has 2 rings (SSSR count). The first-order valence-corrected chi connectivity index (χ1v) is 8.16. The molecular formula is C15H17BrN2OS. The molecule has 106 valence electrons. The van der Waals surface area contributed by atoms with Gasteiger partial charge in [0.1, 0.15) is 0 Å². The molecule has 2 aromatic rings. The van der Waals surface area contributed by atoms with Crippen LogP contribution in [-0.4, -0.2) is 12.5 Å². The summed E-state index contributed by atoms with van der Waals surface area (Å²) in [4.78, 5) is 12.9. The molecule has 0 aliphatic heterocycles. The van der Waals surface area contributed by atoms with Crippen LogP contribution in [0.25, 0.3) is 0 Å². The predicted molar refractivity (Wildman–Crippen MR) is 88.5 cm³/mol. The van der Waals surface area contributed by atoms with Gasteiger partial charge < -0.3 is 10.6 Å². The number of hydrogen-bond acceptors (Lipinski definition) is 3. The molecule has 0 fully saturated rings. The lowest BCUT2D eigenvalue weighted by atomic mass is 10.1. The molecule has 0 aliphatic rings. The first-order valence-electron chi connectivity index (χ1n) is 6.49. The van der Waals surface area contributed by atoms with Crippen LogP contribution < -0.4 is 10.6 Å². The number of hydrogen-bond donors (Lipinski definition) is 2. The molecule has 5 heteroatoms. The average Bonchev–Trinajstić information content (AvgIpc) is 2.86. The van der Waals surface area contributed by atoms with E-state index in [1.165, 1.54) is 4.88 Å². The van der Waals surface area contributed by atoms with Gasteiger partial charge in [0.25, 0.3) is 5.91 Å². The molecule has 1 amide bonds. The van der Waals surface area contributed by atoms with Crippen molar-refractivity contribution >= 4 is 38.9 Å². The Morgan fingerprint density at radius 1 is 1.35 bits per heavy atom. The van der Waals surface area contributed by atoms with Gasteiger partial charge in [-0.15, -0.1) is 11.3 Å². The molecule has 1 atom stereocenters. The van der Waals surface area contributed by atoms with Gasteiger partial charge in [-0.25, -0.2) is 0 Å². The van der Waals surface area contributed by atoms with Crippen molar-refractivity contribution in [3.8, 4) is 0 Å². The minimum Gasteiger partial charge on any atom is -0.378 e. The molecule has 20 heavy (non-hydrogen) atoms. The summed E-state index contributed by atoms with van der Waals surface area (Å²) in [6.07, 6.45) is 0. The fourth-order valence-corrected chi connectivity index (χ4v) is 3.31. The summed E-state index contributed by atoms with van der Waals surface area (Å²) in [5, 5.41) is 8.29. The molecule has 3 nitrogen and oxygen atoms in total. The van der Waals surface area contributed by atoms with E-state index in [0.29, 0.717) is 12.1 Å². The smallest absolute Gasteiger partial charge is 0.251 e. The zero-order valence-electron chi connectivity index (χ0n) is 11.4. The average molecular weight is 353 g/mol. The van der Waals surface area contributed by atoms with E-state index in [1.54, 1.807) is 11.3 Å². The lowest BCUT2D eigenvalue weighted by Gasteiger charge is -2.14. The molecule has 1 aromatic heterocycles. The summed E-state index contributed by atoms with van der Waals surface area (Å²) in [5.74, 6) is -0.0331. The molecule has 0 spiro atoms. The summed E-state index contributed by atoms with van der Waals surface area (Å²) in [6, 6.07) is 9.90. The monoisotopic (exact) mass is 352 g/mol. The third-order valence-corrected chi connectivity index (χ3v) is 4.76. The molecule has 1 heterocycles. The van der Waals surface area contributed by atoms with E-state index in [4.69, 9.17) is 0 Å². The van der Waals surface area contributed by atoms with Crippen molar-refractivity contribution in [3.05, 3.63) is 50.6 Å². The maximum absolute atomic E-state index is 11.7. The van der Waals surface area contributed by atoms with E-state index >= 15 is 0 Å². The topological polar surface area (TPSA) is 41.1 Å². The van der Waals surface area contributed by atoms with E-state index < -0.39 is 0 Å². The molecule has 1 aromatic carbocycles. The molecule has 0 bridgehead atoms. The number of rotatable bonds is 5. The van der Waals surface area contributed by atoms with Gasteiger partial charge in [0, 0.05) is 32.5 Å². The second-order valence-corrected chi connectivity index (χ2v) is 6.33. The minimum atomic E-state index is -0.0331. The Kier molecular flexibility index (Phi) is 5.20. The highest BCUT2D eigenvalue weighted by Crippen LogP contribution is 2.27. The second kappa shape index (κ2) is 6.90. The third-order valence-electron chi connectivity index (χ3n) is 2.88. The Hall–Kier alpha value is -1.33. The zero-order valence-corrected chi connectivity index (χ0v) is 13.8. The van der Waals surface area contributed by atoms with E-state index in [0.717, 1.165) is 10.2 Å². The standard InChI is InChI=1S/C15H17BrN2OS/c1-3-17-15(19)11-4-6-13(7-5-11)18-10(2)14-8-12(16)9-20-14/h4-10,18H,3H2,1-2H3,(H,17,19). The van der Waals surface area contributed by atoms with Gasteiger partial charge in [0.2, 0.25) is 0 Å². The van der Waals surface area contributed by atoms with Crippen LogP contribution in [0, 0.1) is 0 Å². The van der Waals surface area contributed by atoms with Crippen LogP contribution in [0.15, 0.2) is 40.2 Å². The van der Waals surface area contributed by atoms with Crippen molar-refractivity contribution in [1.82, 2.24) is 5.32 Å². The highest BCUT2D eigenvalue weighted by atomic mass is 79.9. The Balaban J connectivity index is 2.01. The molecule has 0 aliphatic carbocycles. The summed E-state index contributed by atoms with van der Waals surface area (Å²) in [5.41, 5.74) is 1.69. The summed E-state index contributed by atoms with van der Waals surface area (Å²) in [6.45, 7) is 4.67. The zero-order chi connectivity index (χ0) is 14.5. The van der Waals surface area contributed by atoms with Crippen LogP contribution in [0.2, 0.25) is 0 Å². The Morgan fingerprint density at radius 2 is 2.05 bits per heavy atom. The summed E-state index contributed by atoms with van der Waals surface area (Å²) in [7, 11) is 0. The van der Waals surface area contributed by atoms with Gasteiger partial charge in [-0.1, -0.05) is 0 Å². The highest BCUT2D eigenvalue weighted by Gasteiger charge is 2.09. The number of anilines is 1. The highest BCUT2D eigenvalue weighted by molar-refractivity contribution is 9.10. The van der Waals surface area contributed by atoms with Crippen molar-refractivity contribution in [1.29, 1.82) is 0 Å². The third kappa shape index (κ3) is 3.84. The van der Waals surface area contributed by atoms with Crippen LogP contribution in [0.3, 0.4) is 0 Å². The number of carbonyl (C=O) groups is 1. The van der Waals surface area contributed by atoms with E-state index in [9.17, 15) is 4.79 Å². The van der Waals surface area contributed by atoms with Gasteiger partial charge >= 0.3 is 0 Å². The largest absolute Gasteiger partial charge is 0.378 e. The first kappa shape index (κ1) is 15.1. The summed E-state index contributed by atoms with van der Waals surface area (Å²) < 4.78 is 1.11. The lowest BCUT2D eigenvalue weighted by molar-refractivity contribution is 0.0956. The van der Waals surface area contributed by atoms with Crippen LogP contribution in [0.4, 0.5) is 5.69 Å². The predicted octanol–water partition coefficient (Wildman–Crippen LogP) is 4.43. The Morgan fingerprint density at radius 3 is 2.60 bits per heavy atom. The van der Waals surface area contributed by atoms with Crippen LogP contribution >= 0.6 is 27.3 Å². The maximum Gasteiger partial charge on any atom is 0.251 e. The van der Waals surface area contributed by atoms with E-state index in [1.807, 2.05) is 31.2 Å². The molecule has 1 unspecified atom stereocenters. The van der Waals surface area contributed by atoms with Crippen LogP contribution in [0.5, 0.6) is 0 Å². The number of halogens is 1. The van der Waals surface area contributed by atoms with E-state index in [-0.39, 0.29) is 11.9 Å². The first-order chi connectivity index (χ1) is 9.60. The van der Waals surface area contributed by atoms with Crippen LogP contribution in [0.1, 0.15) is 35.1 Å². The number of carbonyl (C=O) groups excluding carboxylic acids is 1. The second-order valence-electron chi connectivity index (χ2n) is 4.47. The normalized spacial score (nSPS) is 11.9. The Bertz CT molecular complexity index is 580. The van der Waals surface area contributed by atoms with E-state index in [2.05, 4.69) is 44.9 Å². The fraction of sp³-hybridized carbons (Fsp3) is 0.267. The van der Waals surface area contributed by atoms with Crippen molar-refractivity contribution in [2.45, 2.75) is 19.9 Å². The minimum absolute atomic E-state index is 0.0331. The molecular weight excluding hydrogens is 336 g/mol. The number of amides is 1. The maximum atomic E-state index is 11.7. The van der Waals surface area contributed by atoms with Crippen LogP contribution in [-0.2, 0) is 0 Å². The molecule has 0 saturated heterocycles. The van der Waals surface area contributed by atoms with Gasteiger partial charge in [-0.3, -0.25) is 4.79 Å². The molecule has 2 N–H and O–H groups in total. The number of thiophene rings is 1. The molecule has 0 saturated carbocycles. The van der Waals surface area contributed by atoms with Gasteiger partial charge in [0.05, 0.1) is 6.04 Å². The van der Waals surface area contributed by atoms with Gasteiger partial charge in [-0.2, -0.15) is 0 Å². The van der Waals surface area contributed by atoms with Gasteiger partial charge in [-0.05, 0) is 60.1 Å². The quantitative estimate of drug-likeness (QED) is 0.835. The van der Waals surface area contributed by atoms with Crippen molar-refractivity contribution in [3.63, 3.8) is 0 Å². The Labute approximate surface area is 131 Å². The number of benzene rings is 1. The molecule has 0 radical (unpaired) electrons. The summed E-state index contributed by atoms with van der Waals surface area (Å²) >= 11 is 5.18. The van der Waals surface area contributed by atoms with Gasteiger partial charge in [0.15, 0.2) is 0 Å².